The van der Waals surface area contributed by atoms with E-state index in [1.54, 1.807) is 62.3 Å². The molecule has 162 valence electrons. The maximum atomic E-state index is 12.6. The molecule has 0 saturated carbocycles. The van der Waals surface area contributed by atoms with E-state index in [0.29, 0.717) is 0 Å². The lowest BCUT2D eigenvalue weighted by Crippen LogP contribution is -2.39. The lowest BCUT2D eigenvalue weighted by Gasteiger charge is -2.29. The van der Waals surface area contributed by atoms with Gasteiger partial charge < -0.3 is 14.2 Å². The fraction of sp³-hybridized carbons (Fsp3) is 0.810. The second-order valence-electron chi connectivity index (χ2n) is 9.96. The number of hydrogen-bond acceptors (Lipinski definition) is 7. The van der Waals surface area contributed by atoms with Gasteiger partial charge in [-0.1, -0.05) is 0 Å². The van der Waals surface area contributed by atoms with Crippen LogP contribution in [-0.4, -0.2) is 40.5 Å². The minimum absolute atomic E-state index is 0.278. The fourth-order valence-electron chi connectivity index (χ4n) is 2.56. The van der Waals surface area contributed by atoms with E-state index in [1.807, 2.05) is 0 Å². The summed E-state index contributed by atoms with van der Waals surface area (Å²) in [6, 6.07) is 0. The minimum Gasteiger partial charge on any atom is -0.460 e. The summed E-state index contributed by atoms with van der Waals surface area (Å²) in [7, 11) is 0. The van der Waals surface area contributed by atoms with Crippen LogP contribution in [0.2, 0.25) is 0 Å². The second kappa shape index (κ2) is 9.52. The SMILES string of the molecule is CC(=O)C(C(=O)OC(C)(C)C)C(CC(=O)OC(C)(C)C)CC(=O)OC(C)(C)C. The largest absolute Gasteiger partial charge is 0.460 e. The van der Waals surface area contributed by atoms with Crippen LogP contribution in [0, 0.1) is 11.8 Å². The van der Waals surface area contributed by atoms with Crippen LogP contribution in [0.4, 0.5) is 0 Å². The quantitative estimate of drug-likeness (QED) is 0.366. The predicted molar refractivity (Wildman–Crippen MR) is 104 cm³/mol. The number of ketones is 1. The minimum atomic E-state index is -1.26. The molecule has 0 aliphatic carbocycles. The van der Waals surface area contributed by atoms with E-state index < -0.39 is 52.3 Å². The molecule has 0 heterocycles. The summed E-state index contributed by atoms with van der Waals surface area (Å²) in [5, 5.41) is 0. The maximum absolute atomic E-state index is 12.6. The monoisotopic (exact) mass is 400 g/mol. The molecule has 0 aromatic rings. The molecule has 0 aliphatic rings. The van der Waals surface area contributed by atoms with Gasteiger partial charge in [0.15, 0.2) is 0 Å². The summed E-state index contributed by atoms with van der Waals surface area (Å²) in [6.07, 6.45) is -0.556. The highest BCUT2D eigenvalue weighted by Crippen LogP contribution is 2.27. The van der Waals surface area contributed by atoms with Crippen LogP contribution >= 0.6 is 0 Å². The summed E-state index contributed by atoms with van der Waals surface area (Å²) in [6.45, 7) is 16.6. The Balaban J connectivity index is 5.68. The smallest absolute Gasteiger partial charge is 0.317 e. The molecular weight excluding hydrogens is 364 g/mol. The van der Waals surface area contributed by atoms with Gasteiger partial charge in [-0.2, -0.15) is 0 Å². The highest BCUT2D eigenvalue weighted by atomic mass is 16.6. The van der Waals surface area contributed by atoms with Crippen molar-refractivity contribution in [3.05, 3.63) is 0 Å². The van der Waals surface area contributed by atoms with Crippen LogP contribution in [-0.2, 0) is 33.4 Å². The zero-order valence-corrected chi connectivity index (χ0v) is 18.9. The Morgan fingerprint density at radius 2 is 0.964 bits per heavy atom. The Labute approximate surface area is 168 Å². The van der Waals surface area contributed by atoms with Crippen molar-refractivity contribution >= 4 is 23.7 Å². The van der Waals surface area contributed by atoms with Crippen molar-refractivity contribution in [1.82, 2.24) is 0 Å². The number of carbonyl (C=O) groups excluding carboxylic acids is 4. The lowest BCUT2D eigenvalue weighted by atomic mass is 9.84. The Morgan fingerprint density at radius 3 is 1.21 bits per heavy atom. The molecule has 0 aliphatic heterocycles. The Kier molecular flexibility index (Phi) is 8.87. The second-order valence-corrected chi connectivity index (χ2v) is 9.96. The molecule has 28 heavy (non-hydrogen) atoms. The molecule has 0 aromatic heterocycles. The molecule has 7 nitrogen and oxygen atoms in total. The first-order valence-electron chi connectivity index (χ1n) is 9.48. The van der Waals surface area contributed by atoms with Crippen LogP contribution in [0.5, 0.6) is 0 Å². The van der Waals surface area contributed by atoms with Crippen LogP contribution in [0.15, 0.2) is 0 Å². The lowest BCUT2D eigenvalue weighted by molar-refractivity contribution is -0.167. The van der Waals surface area contributed by atoms with Gasteiger partial charge >= 0.3 is 17.9 Å². The van der Waals surface area contributed by atoms with E-state index in [4.69, 9.17) is 14.2 Å². The molecule has 0 N–H and O–H groups in total. The van der Waals surface area contributed by atoms with Gasteiger partial charge in [0.1, 0.15) is 28.5 Å². The van der Waals surface area contributed by atoms with Gasteiger partial charge in [-0.25, -0.2) is 0 Å². The third-order valence-corrected chi connectivity index (χ3v) is 3.27. The van der Waals surface area contributed by atoms with Crippen molar-refractivity contribution < 1.29 is 33.4 Å². The fourth-order valence-corrected chi connectivity index (χ4v) is 2.56. The molecule has 0 saturated heterocycles. The molecule has 1 unspecified atom stereocenters. The van der Waals surface area contributed by atoms with Gasteiger partial charge in [-0.05, 0) is 75.2 Å². The van der Waals surface area contributed by atoms with Gasteiger partial charge in [0.05, 0.1) is 12.8 Å². The summed E-state index contributed by atoms with van der Waals surface area (Å²) in [4.78, 5) is 49.5. The average molecular weight is 401 g/mol. The highest BCUT2D eigenvalue weighted by Gasteiger charge is 2.39. The molecule has 0 aromatic carbocycles. The van der Waals surface area contributed by atoms with E-state index in [2.05, 4.69) is 0 Å². The Bertz CT molecular complexity index is 555. The van der Waals surface area contributed by atoms with E-state index in [0.717, 1.165) is 0 Å². The first-order chi connectivity index (χ1) is 12.3. The number of rotatable bonds is 7. The summed E-state index contributed by atoms with van der Waals surface area (Å²) >= 11 is 0. The van der Waals surface area contributed by atoms with Crippen LogP contribution in [0.3, 0.4) is 0 Å². The van der Waals surface area contributed by atoms with E-state index >= 15 is 0 Å². The average Bonchev–Trinajstić information content (AvgIpc) is 2.29. The molecule has 1 atom stereocenters. The molecule has 0 radical (unpaired) electrons. The molecule has 0 fully saturated rings. The topological polar surface area (TPSA) is 96.0 Å². The molecule has 0 spiro atoms. The maximum Gasteiger partial charge on any atom is 0.317 e. The van der Waals surface area contributed by atoms with Crippen LogP contribution in [0.25, 0.3) is 0 Å². The van der Waals surface area contributed by atoms with Crippen molar-refractivity contribution in [2.45, 2.75) is 98.9 Å². The summed E-state index contributed by atoms with van der Waals surface area (Å²) in [5.41, 5.74) is -2.27. The highest BCUT2D eigenvalue weighted by molar-refractivity contribution is 5.99. The van der Waals surface area contributed by atoms with Crippen molar-refractivity contribution in [3.63, 3.8) is 0 Å². The van der Waals surface area contributed by atoms with Crippen molar-refractivity contribution in [1.29, 1.82) is 0 Å². The normalized spacial score (nSPS) is 13.7. The van der Waals surface area contributed by atoms with E-state index in [1.165, 1.54) is 6.92 Å². The van der Waals surface area contributed by atoms with Gasteiger partial charge in [-0.15, -0.1) is 0 Å². The van der Waals surface area contributed by atoms with Crippen molar-refractivity contribution in [2.75, 3.05) is 0 Å². The third kappa shape index (κ3) is 11.7. The molecular formula is C21H36O7. The Morgan fingerprint density at radius 1 is 0.643 bits per heavy atom. The molecule has 7 heteroatoms. The molecule has 0 amide bonds. The Hall–Kier alpha value is -1.92. The number of hydrogen-bond donors (Lipinski definition) is 0. The molecule has 0 bridgehead atoms. The van der Waals surface area contributed by atoms with Crippen molar-refractivity contribution in [2.24, 2.45) is 11.8 Å². The first-order valence-corrected chi connectivity index (χ1v) is 9.48. The summed E-state index contributed by atoms with van der Waals surface area (Å²) < 4.78 is 16.0. The third-order valence-electron chi connectivity index (χ3n) is 3.27. The molecule has 0 rings (SSSR count). The summed E-state index contributed by atoms with van der Waals surface area (Å²) in [5.74, 6) is -4.63. The number of carbonyl (C=O) groups is 4. The van der Waals surface area contributed by atoms with E-state index in [9.17, 15) is 19.2 Å². The zero-order chi connectivity index (χ0) is 22.5. The van der Waals surface area contributed by atoms with Gasteiger partial charge in [-0.3, -0.25) is 19.2 Å². The van der Waals surface area contributed by atoms with Gasteiger partial charge in [0.25, 0.3) is 0 Å². The van der Waals surface area contributed by atoms with E-state index in [-0.39, 0.29) is 12.8 Å². The number of Topliss-reactive ketones (excluding diaryl/α,β-unsaturated/α-hetero) is 1. The van der Waals surface area contributed by atoms with Crippen LogP contribution in [0.1, 0.15) is 82.1 Å². The van der Waals surface area contributed by atoms with Crippen LogP contribution < -0.4 is 0 Å². The standard InChI is InChI=1S/C21H36O7/c1-13(22)17(18(25)28-21(8,9)10)14(11-15(23)26-19(2,3)4)12-16(24)27-20(5,6)7/h14,17H,11-12H2,1-10H3. The van der Waals surface area contributed by atoms with Crippen molar-refractivity contribution in [3.8, 4) is 0 Å². The zero-order valence-electron chi connectivity index (χ0n) is 18.9. The number of esters is 3. The number of ether oxygens (including phenoxy) is 3. The van der Waals surface area contributed by atoms with Gasteiger partial charge in [0.2, 0.25) is 0 Å². The van der Waals surface area contributed by atoms with Gasteiger partial charge in [0, 0.05) is 0 Å². The first kappa shape index (κ1) is 26.1. The predicted octanol–water partition coefficient (Wildman–Crippen LogP) is 3.61.